The van der Waals surface area contributed by atoms with Crippen molar-refractivity contribution in [2.45, 2.75) is 63.7 Å². The van der Waals surface area contributed by atoms with Crippen molar-refractivity contribution in [2.75, 3.05) is 19.8 Å². The van der Waals surface area contributed by atoms with Gasteiger partial charge in [0.1, 0.15) is 17.2 Å². The minimum absolute atomic E-state index is 0.0386. The standard InChI is InChI=1S/C34H38BrFN2O6/c1-33(2,3)44-29(40)17-19-34(32(41)37-20-18-23-5-13-27(36)14-6-23)30(24-7-11-26(35)12-8-24)43-31(38-34)25-9-15-28(16-10-25)42-22-4-21-39/h5-16,30,39H,4,17-22H2,1-3H3,(H,37,41)/t30-,34-/m1/s1. The lowest BCUT2D eigenvalue weighted by Gasteiger charge is -2.31. The highest BCUT2D eigenvalue weighted by Gasteiger charge is 2.53. The topological polar surface area (TPSA) is 106 Å². The Morgan fingerprint density at radius 3 is 2.36 bits per heavy atom. The third-order valence-electron chi connectivity index (χ3n) is 6.95. The van der Waals surface area contributed by atoms with Gasteiger partial charge < -0.3 is 24.6 Å². The van der Waals surface area contributed by atoms with Crippen molar-refractivity contribution >= 4 is 33.7 Å². The van der Waals surface area contributed by atoms with Crippen molar-refractivity contribution in [1.82, 2.24) is 5.32 Å². The van der Waals surface area contributed by atoms with Crippen LogP contribution in [0.25, 0.3) is 0 Å². The average Bonchev–Trinajstić information content (AvgIpc) is 3.38. The molecular weight excluding hydrogens is 631 g/mol. The molecule has 0 unspecified atom stereocenters. The molecule has 3 aromatic rings. The molecule has 1 heterocycles. The van der Waals surface area contributed by atoms with Gasteiger partial charge in [0.15, 0.2) is 11.6 Å². The molecule has 0 bridgehead atoms. The molecule has 0 saturated carbocycles. The molecule has 1 aliphatic heterocycles. The molecule has 8 nitrogen and oxygen atoms in total. The monoisotopic (exact) mass is 668 g/mol. The molecule has 0 spiro atoms. The van der Waals surface area contributed by atoms with E-state index < -0.39 is 29.1 Å². The lowest BCUT2D eigenvalue weighted by Crippen LogP contribution is -2.49. The normalized spacial score (nSPS) is 17.9. The van der Waals surface area contributed by atoms with Crippen molar-refractivity contribution in [2.24, 2.45) is 4.99 Å². The maximum Gasteiger partial charge on any atom is 0.306 e. The van der Waals surface area contributed by atoms with E-state index >= 15 is 0 Å². The summed E-state index contributed by atoms with van der Waals surface area (Å²) >= 11 is 3.47. The van der Waals surface area contributed by atoms with Crippen molar-refractivity contribution < 1.29 is 33.3 Å². The zero-order valence-corrected chi connectivity index (χ0v) is 26.7. The van der Waals surface area contributed by atoms with E-state index in [-0.39, 0.29) is 37.7 Å². The molecule has 0 aromatic heterocycles. The van der Waals surface area contributed by atoms with Gasteiger partial charge in [0.25, 0.3) is 5.91 Å². The van der Waals surface area contributed by atoms with E-state index in [9.17, 15) is 14.0 Å². The molecule has 0 aliphatic carbocycles. The lowest BCUT2D eigenvalue weighted by molar-refractivity contribution is -0.155. The number of esters is 1. The van der Waals surface area contributed by atoms with E-state index in [0.717, 1.165) is 10.0 Å². The molecule has 2 atom stereocenters. The van der Waals surface area contributed by atoms with Crippen LogP contribution in [-0.2, 0) is 25.5 Å². The van der Waals surface area contributed by atoms with Gasteiger partial charge in [-0.25, -0.2) is 9.38 Å². The molecule has 234 valence electrons. The Balaban J connectivity index is 1.67. The first kappa shape index (κ1) is 33.1. The second kappa shape index (κ2) is 14.8. The molecule has 0 saturated heterocycles. The van der Waals surface area contributed by atoms with Crippen molar-refractivity contribution in [3.63, 3.8) is 0 Å². The van der Waals surface area contributed by atoms with Crippen LogP contribution < -0.4 is 10.1 Å². The van der Waals surface area contributed by atoms with E-state index in [1.807, 2.05) is 24.3 Å². The number of aliphatic hydroxyl groups excluding tert-OH is 1. The minimum Gasteiger partial charge on any atom is -0.494 e. The smallest absolute Gasteiger partial charge is 0.306 e. The summed E-state index contributed by atoms with van der Waals surface area (Å²) in [6.07, 6.45) is 0.138. The van der Waals surface area contributed by atoms with Gasteiger partial charge in [-0.3, -0.25) is 9.59 Å². The maximum atomic E-state index is 14.2. The Bertz CT molecular complexity index is 1440. The van der Waals surface area contributed by atoms with Crippen molar-refractivity contribution in [1.29, 1.82) is 0 Å². The van der Waals surface area contributed by atoms with Gasteiger partial charge >= 0.3 is 5.97 Å². The van der Waals surface area contributed by atoms with Crippen LogP contribution in [0.15, 0.2) is 82.3 Å². The Hall–Kier alpha value is -3.76. The van der Waals surface area contributed by atoms with Gasteiger partial charge in [0, 0.05) is 36.0 Å². The number of benzene rings is 3. The average molecular weight is 670 g/mol. The summed E-state index contributed by atoms with van der Waals surface area (Å²) < 4.78 is 31.9. The highest BCUT2D eigenvalue weighted by Crippen LogP contribution is 2.43. The number of nitrogens with zero attached hydrogens (tertiary/aromatic N) is 1. The Morgan fingerprint density at radius 1 is 1.05 bits per heavy atom. The molecule has 3 aromatic carbocycles. The fourth-order valence-corrected chi connectivity index (χ4v) is 5.08. The first-order valence-corrected chi connectivity index (χ1v) is 15.4. The van der Waals surface area contributed by atoms with Crippen molar-refractivity contribution in [3.8, 4) is 5.75 Å². The van der Waals surface area contributed by atoms with Gasteiger partial charge in [-0.15, -0.1) is 0 Å². The van der Waals surface area contributed by atoms with Crippen LogP contribution >= 0.6 is 15.9 Å². The Labute approximate surface area is 265 Å². The van der Waals surface area contributed by atoms with Crippen LogP contribution in [0.4, 0.5) is 4.39 Å². The van der Waals surface area contributed by atoms with E-state index in [2.05, 4.69) is 21.2 Å². The Morgan fingerprint density at radius 2 is 1.73 bits per heavy atom. The van der Waals surface area contributed by atoms with E-state index in [1.165, 1.54) is 12.1 Å². The van der Waals surface area contributed by atoms with E-state index in [4.69, 9.17) is 24.3 Å². The molecule has 10 heteroatoms. The summed E-state index contributed by atoms with van der Waals surface area (Å²) in [6.45, 7) is 6.07. The molecule has 0 fully saturated rings. The summed E-state index contributed by atoms with van der Waals surface area (Å²) in [6, 6.07) is 20.7. The quantitative estimate of drug-likeness (QED) is 0.169. The van der Waals surface area contributed by atoms with Crippen LogP contribution in [0.3, 0.4) is 0 Å². The second-order valence-corrected chi connectivity index (χ2v) is 12.5. The molecular formula is C34H38BrFN2O6. The van der Waals surface area contributed by atoms with Crippen LogP contribution in [0.1, 0.15) is 62.8 Å². The molecule has 0 radical (unpaired) electrons. The Kier molecular flexibility index (Phi) is 11.2. The van der Waals surface area contributed by atoms with Crippen LogP contribution in [-0.4, -0.2) is 53.8 Å². The highest BCUT2D eigenvalue weighted by molar-refractivity contribution is 9.10. The number of rotatable bonds is 13. The number of halogens is 2. The number of aliphatic hydroxyl groups is 1. The third-order valence-corrected chi connectivity index (χ3v) is 7.47. The number of hydrogen-bond acceptors (Lipinski definition) is 7. The largest absolute Gasteiger partial charge is 0.494 e. The predicted molar refractivity (Wildman–Crippen MR) is 169 cm³/mol. The first-order valence-electron chi connectivity index (χ1n) is 14.6. The molecule has 44 heavy (non-hydrogen) atoms. The lowest BCUT2D eigenvalue weighted by atomic mass is 9.83. The maximum absolute atomic E-state index is 14.2. The number of ether oxygens (including phenoxy) is 3. The minimum atomic E-state index is -1.49. The SMILES string of the molecule is CC(C)(C)OC(=O)CC[C@@]1(C(=O)NCCc2ccc(F)cc2)N=C(c2ccc(OCCCO)cc2)O[C@@H]1c1ccc(Br)cc1. The van der Waals surface area contributed by atoms with E-state index in [1.54, 1.807) is 57.2 Å². The number of nitrogens with one attached hydrogen (secondary N) is 1. The predicted octanol–water partition coefficient (Wildman–Crippen LogP) is 6.09. The molecule has 4 rings (SSSR count). The summed E-state index contributed by atoms with van der Waals surface area (Å²) in [5.74, 6) is -0.280. The van der Waals surface area contributed by atoms with Gasteiger partial charge in [0.2, 0.25) is 5.90 Å². The summed E-state index contributed by atoms with van der Waals surface area (Å²) in [4.78, 5) is 32.0. The number of aliphatic imine (C=N–C) groups is 1. The second-order valence-electron chi connectivity index (χ2n) is 11.6. The molecule has 1 amide bonds. The van der Waals surface area contributed by atoms with Gasteiger partial charge in [-0.1, -0.05) is 40.2 Å². The molecule has 1 aliphatic rings. The van der Waals surface area contributed by atoms with Crippen LogP contribution in [0.5, 0.6) is 5.75 Å². The zero-order chi connectivity index (χ0) is 31.7. The van der Waals surface area contributed by atoms with Crippen LogP contribution in [0, 0.1) is 5.82 Å². The van der Waals surface area contributed by atoms with Crippen molar-refractivity contribution in [3.05, 3.63) is 99.8 Å². The molecule has 2 N–H and O–H groups in total. The van der Waals surface area contributed by atoms with Gasteiger partial charge in [0.05, 0.1) is 6.61 Å². The number of amides is 1. The first-order chi connectivity index (χ1) is 21.0. The highest BCUT2D eigenvalue weighted by atomic mass is 79.9. The summed E-state index contributed by atoms with van der Waals surface area (Å²) in [5.41, 5.74) is 0.0499. The van der Waals surface area contributed by atoms with Gasteiger partial charge in [-0.05, 0) is 93.3 Å². The summed E-state index contributed by atoms with van der Waals surface area (Å²) in [7, 11) is 0. The fraction of sp³-hybridized carbons (Fsp3) is 0.382. The fourth-order valence-electron chi connectivity index (χ4n) is 4.82. The third kappa shape index (κ3) is 8.89. The van der Waals surface area contributed by atoms with Gasteiger partial charge in [-0.2, -0.15) is 0 Å². The number of carbonyl (C=O) groups excluding carboxylic acids is 2. The summed E-state index contributed by atoms with van der Waals surface area (Å²) in [5, 5.41) is 12.0. The number of hydrogen-bond donors (Lipinski definition) is 2. The van der Waals surface area contributed by atoms with Crippen LogP contribution in [0.2, 0.25) is 0 Å². The zero-order valence-electron chi connectivity index (χ0n) is 25.1. The number of carbonyl (C=O) groups is 2. The van der Waals surface area contributed by atoms with E-state index in [0.29, 0.717) is 36.3 Å².